The Bertz CT molecular complexity index is 909. The first-order valence-corrected chi connectivity index (χ1v) is 9.68. The van der Waals surface area contributed by atoms with Crippen LogP contribution in [0.15, 0.2) is 35.4 Å². The predicted octanol–water partition coefficient (Wildman–Crippen LogP) is 2.10. The van der Waals surface area contributed by atoms with E-state index in [1.165, 1.54) is 24.3 Å². The van der Waals surface area contributed by atoms with Gasteiger partial charge in [0.1, 0.15) is 6.10 Å². The highest BCUT2D eigenvalue weighted by Gasteiger charge is 2.29. The van der Waals surface area contributed by atoms with E-state index in [9.17, 15) is 22.3 Å². The van der Waals surface area contributed by atoms with E-state index in [-0.39, 0.29) is 16.7 Å². The molecule has 1 aromatic carbocycles. The van der Waals surface area contributed by atoms with Gasteiger partial charge in [0.25, 0.3) is 6.43 Å². The van der Waals surface area contributed by atoms with Gasteiger partial charge in [-0.2, -0.15) is 4.98 Å². The van der Waals surface area contributed by atoms with Crippen LogP contribution in [0.25, 0.3) is 0 Å². The van der Waals surface area contributed by atoms with Crippen LogP contribution in [0.5, 0.6) is 5.88 Å². The minimum atomic E-state index is -3.82. The number of benzene rings is 1. The summed E-state index contributed by atoms with van der Waals surface area (Å²) in [6, 6.07) is 5.45. The number of nitrogens with two attached hydrogens (primary N) is 1. The molecule has 1 saturated carbocycles. The third-order valence-corrected chi connectivity index (χ3v) is 5.06. The number of aliphatic hydroxyl groups excluding tert-OH is 1. The zero-order valence-corrected chi connectivity index (χ0v) is 14.9. The third-order valence-electron chi connectivity index (χ3n) is 4.14. The average molecular weight is 400 g/mol. The zero-order chi connectivity index (χ0) is 19.6. The number of nitrogens with one attached hydrogen (secondary N) is 1. The van der Waals surface area contributed by atoms with Gasteiger partial charge in [0, 0.05) is 11.9 Å². The summed E-state index contributed by atoms with van der Waals surface area (Å²) >= 11 is 0. The van der Waals surface area contributed by atoms with Crippen LogP contribution in [0.3, 0.4) is 0 Å². The van der Waals surface area contributed by atoms with Crippen LogP contribution in [0.4, 0.5) is 20.4 Å². The van der Waals surface area contributed by atoms with E-state index < -0.39 is 34.2 Å². The monoisotopic (exact) mass is 400 g/mol. The lowest BCUT2D eigenvalue weighted by Crippen LogP contribution is -2.26. The number of rotatable bonds is 6. The first-order valence-electron chi connectivity index (χ1n) is 8.14. The van der Waals surface area contributed by atoms with Crippen molar-refractivity contribution < 1.29 is 27.0 Å². The number of sulfonamides is 1. The van der Waals surface area contributed by atoms with Crippen molar-refractivity contribution in [3.05, 3.63) is 36.0 Å². The van der Waals surface area contributed by atoms with Crippen molar-refractivity contribution in [1.82, 2.24) is 9.97 Å². The van der Waals surface area contributed by atoms with Crippen LogP contribution < -0.4 is 15.2 Å². The molecule has 0 unspecified atom stereocenters. The molecule has 1 aromatic heterocycles. The first kappa shape index (κ1) is 19.4. The van der Waals surface area contributed by atoms with Gasteiger partial charge >= 0.3 is 0 Å². The molecule has 0 radical (unpaired) electrons. The number of alkyl halides is 2. The molecule has 0 aliphatic heterocycles. The lowest BCUT2D eigenvalue weighted by Gasteiger charge is -2.18. The lowest BCUT2D eigenvalue weighted by molar-refractivity contribution is 0.0525. The molecule has 2 aromatic rings. The summed E-state index contributed by atoms with van der Waals surface area (Å²) in [5.74, 6) is -0.306. The fraction of sp³-hybridized carbons (Fsp3) is 0.375. The van der Waals surface area contributed by atoms with Gasteiger partial charge in [-0.1, -0.05) is 0 Å². The molecule has 146 valence electrons. The van der Waals surface area contributed by atoms with Crippen LogP contribution in [0, 0.1) is 0 Å². The van der Waals surface area contributed by atoms with Crippen molar-refractivity contribution in [3.63, 3.8) is 0 Å². The molecule has 1 heterocycles. The summed E-state index contributed by atoms with van der Waals surface area (Å²) in [5, 5.41) is 17.7. The number of hydrogen-bond donors (Lipinski definition) is 3. The van der Waals surface area contributed by atoms with E-state index in [0.717, 1.165) is 12.6 Å². The molecule has 1 fully saturated rings. The zero-order valence-electron chi connectivity index (χ0n) is 14.0. The number of anilines is 2. The second kappa shape index (κ2) is 7.71. The van der Waals surface area contributed by atoms with Gasteiger partial charge in [-0.3, -0.25) is 0 Å². The number of ether oxygens (including phenoxy) is 1. The van der Waals surface area contributed by atoms with Crippen LogP contribution in [0.2, 0.25) is 0 Å². The number of primary sulfonamides is 1. The van der Waals surface area contributed by atoms with Gasteiger partial charge in [0.2, 0.25) is 21.9 Å². The molecule has 2 atom stereocenters. The maximum Gasteiger partial charge on any atom is 0.270 e. The van der Waals surface area contributed by atoms with E-state index in [0.29, 0.717) is 18.5 Å². The molecule has 27 heavy (non-hydrogen) atoms. The van der Waals surface area contributed by atoms with E-state index >= 15 is 0 Å². The number of nitrogens with zero attached hydrogens (tertiary/aromatic N) is 2. The molecule has 0 saturated heterocycles. The van der Waals surface area contributed by atoms with E-state index in [1.807, 2.05) is 0 Å². The second-order valence-electron chi connectivity index (χ2n) is 6.10. The first-order chi connectivity index (χ1) is 12.7. The average Bonchev–Trinajstić information content (AvgIpc) is 2.99. The Balaban J connectivity index is 1.82. The second-order valence-corrected chi connectivity index (χ2v) is 7.67. The number of aromatic nitrogens is 2. The van der Waals surface area contributed by atoms with Crippen LogP contribution in [-0.2, 0) is 10.0 Å². The number of halogens is 2. The molecular formula is C16H18F2N4O4S. The summed E-state index contributed by atoms with van der Waals surface area (Å²) in [4.78, 5) is 7.74. The number of aliphatic hydroxyl groups is 1. The Hall–Kier alpha value is -2.37. The summed E-state index contributed by atoms with van der Waals surface area (Å²) in [6.45, 7) is 0. The fourth-order valence-corrected chi connectivity index (χ4v) is 3.24. The molecule has 1 aliphatic carbocycles. The highest BCUT2D eigenvalue weighted by atomic mass is 32.2. The van der Waals surface area contributed by atoms with E-state index in [1.54, 1.807) is 0 Å². The normalized spacial score (nSPS) is 20.0. The molecular weight excluding hydrogens is 382 g/mol. The van der Waals surface area contributed by atoms with Crippen molar-refractivity contribution >= 4 is 21.7 Å². The highest BCUT2D eigenvalue weighted by Crippen LogP contribution is 2.31. The molecule has 8 nitrogen and oxygen atoms in total. The summed E-state index contributed by atoms with van der Waals surface area (Å²) < 4.78 is 54.4. The number of hydrogen-bond acceptors (Lipinski definition) is 7. The van der Waals surface area contributed by atoms with Gasteiger partial charge in [-0.15, -0.1) is 0 Å². The lowest BCUT2D eigenvalue weighted by atomic mass is 10.2. The summed E-state index contributed by atoms with van der Waals surface area (Å²) in [6.07, 6.45) is -1.38. The van der Waals surface area contributed by atoms with Crippen molar-refractivity contribution in [2.24, 2.45) is 5.14 Å². The molecule has 0 bridgehead atoms. The van der Waals surface area contributed by atoms with Gasteiger partial charge < -0.3 is 15.2 Å². The Morgan fingerprint density at radius 3 is 2.52 bits per heavy atom. The van der Waals surface area contributed by atoms with E-state index in [4.69, 9.17) is 9.88 Å². The van der Waals surface area contributed by atoms with Crippen molar-refractivity contribution in [1.29, 1.82) is 0 Å². The van der Waals surface area contributed by atoms with E-state index in [2.05, 4.69) is 15.3 Å². The smallest absolute Gasteiger partial charge is 0.270 e. The molecule has 3 rings (SSSR count). The standard InChI is InChI=1S/C16H18F2N4O4S/c17-14(18)11-8-20-16(22-15(11)26-13-3-1-2-12(13)23)21-9-4-6-10(7-5-9)27(19,24)25/h4-8,12-14,23H,1-3H2,(H2,19,24,25)(H,20,21,22)/t12-,13+/m0/s1. The maximum absolute atomic E-state index is 13.2. The minimum absolute atomic E-state index is 0.00903. The van der Waals surface area contributed by atoms with Crippen molar-refractivity contribution in [2.45, 2.75) is 42.8 Å². The molecule has 0 amide bonds. The largest absolute Gasteiger partial charge is 0.471 e. The van der Waals surface area contributed by atoms with Crippen LogP contribution in [-0.4, -0.2) is 35.7 Å². The third kappa shape index (κ3) is 4.67. The fourth-order valence-electron chi connectivity index (χ4n) is 2.72. The molecule has 11 heteroatoms. The van der Waals surface area contributed by atoms with Gasteiger partial charge in [0.15, 0.2) is 0 Å². The van der Waals surface area contributed by atoms with Gasteiger partial charge in [-0.25, -0.2) is 27.3 Å². The highest BCUT2D eigenvalue weighted by molar-refractivity contribution is 7.89. The van der Waals surface area contributed by atoms with Crippen LogP contribution in [0.1, 0.15) is 31.3 Å². The summed E-state index contributed by atoms with van der Waals surface area (Å²) in [5.41, 5.74) is -0.0386. The Morgan fingerprint density at radius 1 is 1.26 bits per heavy atom. The topological polar surface area (TPSA) is 127 Å². The summed E-state index contributed by atoms with van der Waals surface area (Å²) in [7, 11) is -3.82. The Labute approximate surface area is 154 Å². The molecule has 4 N–H and O–H groups in total. The molecule has 0 spiro atoms. The quantitative estimate of drug-likeness (QED) is 0.677. The Kier molecular flexibility index (Phi) is 5.53. The SMILES string of the molecule is NS(=O)(=O)c1ccc(Nc2ncc(C(F)F)c(O[C@@H]3CCC[C@@H]3O)n2)cc1. The van der Waals surface area contributed by atoms with Crippen molar-refractivity contribution in [2.75, 3.05) is 5.32 Å². The Morgan fingerprint density at radius 2 is 1.96 bits per heavy atom. The molecule has 1 aliphatic rings. The van der Waals surface area contributed by atoms with Gasteiger partial charge in [0.05, 0.1) is 16.6 Å². The van der Waals surface area contributed by atoms with Crippen molar-refractivity contribution in [3.8, 4) is 5.88 Å². The maximum atomic E-state index is 13.2. The van der Waals surface area contributed by atoms with Crippen LogP contribution >= 0.6 is 0 Å². The predicted molar refractivity (Wildman–Crippen MR) is 92.4 cm³/mol. The van der Waals surface area contributed by atoms with Gasteiger partial charge in [-0.05, 0) is 43.5 Å². The minimum Gasteiger partial charge on any atom is -0.471 e.